The minimum atomic E-state index is -0.858. The van der Waals surface area contributed by atoms with Gasteiger partial charge in [0.05, 0.1) is 18.0 Å². The van der Waals surface area contributed by atoms with E-state index in [1.807, 2.05) is 6.92 Å². The van der Waals surface area contributed by atoms with Gasteiger partial charge in [0.25, 0.3) is 5.91 Å². The molecular formula is C22H21ClFNO4. The number of hydrogen-bond acceptors (Lipinski definition) is 4. The first-order valence-electron chi connectivity index (χ1n) is 9.26. The smallest absolute Gasteiger partial charge is 0.313 e. The zero-order valence-electron chi connectivity index (χ0n) is 16.3. The molecule has 0 bridgehead atoms. The van der Waals surface area contributed by atoms with Crippen LogP contribution in [0.3, 0.4) is 0 Å². The second-order valence-corrected chi connectivity index (χ2v) is 7.30. The van der Waals surface area contributed by atoms with Crippen molar-refractivity contribution in [3.8, 4) is 5.75 Å². The lowest BCUT2D eigenvalue weighted by molar-refractivity contribution is -0.145. The first-order valence-corrected chi connectivity index (χ1v) is 9.64. The second-order valence-electron chi connectivity index (χ2n) is 6.86. The highest BCUT2D eigenvalue weighted by molar-refractivity contribution is 6.31. The molecule has 0 unspecified atom stereocenters. The van der Waals surface area contributed by atoms with Crippen LogP contribution in [0.2, 0.25) is 5.02 Å². The molecule has 2 aromatic carbocycles. The van der Waals surface area contributed by atoms with Gasteiger partial charge in [0, 0.05) is 27.7 Å². The highest BCUT2D eigenvalue weighted by Crippen LogP contribution is 2.36. The van der Waals surface area contributed by atoms with Gasteiger partial charge in [-0.25, -0.2) is 4.39 Å². The lowest BCUT2D eigenvalue weighted by Crippen LogP contribution is -2.17. The third-order valence-electron chi connectivity index (χ3n) is 4.83. The molecule has 0 radical (unpaired) electrons. The number of benzene rings is 2. The summed E-state index contributed by atoms with van der Waals surface area (Å²) in [4.78, 5) is 25.7. The van der Waals surface area contributed by atoms with Crippen molar-refractivity contribution in [1.82, 2.24) is 4.57 Å². The number of aromatic hydroxyl groups is 1. The van der Waals surface area contributed by atoms with Gasteiger partial charge >= 0.3 is 5.97 Å². The summed E-state index contributed by atoms with van der Waals surface area (Å²) in [7, 11) is 0. The van der Waals surface area contributed by atoms with Crippen molar-refractivity contribution in [3.63, 3.8) is 0 Å². The predicted octanol–water partition coefficient (Wildman–Crippen LogP) is 5.19. The molecule has 0 fully saturated rings. The molecule has 1 atom stereocenters. The summed E-state index contributed by atoms with van der Waals surface area (Å²) < 4.78 is 20.7. The number of rotatable bonds is 5. The first-order chi connectivity index (χ1) is 13.8. The highest BCUT2D eigenvalue weighted by Gasteiger charge is 2.28. The molecule has 0 amide bonds. The van der Waals surface area contributed by atoms with E-state index in [-0.39, 0.29) is 12.1 Å². The molecule has 7 heteroatoms. The lowest BCUT2D eigenvalue weighted by atomic mass is 9.98. The monoisotopic (exact) mass is 417 g/mol. The molecule has 1 N–H and O–H groups in total. The number of hydrogen-bond donors (Lipinski definition) is 1. The molecule has 1 aromatic heterocycles. The van der Waals surface area contributed by atoms with E-state index in [0.717, 1.165) is 6.07 Å². The van der Waals surface area contributed by atoms with Gasteiger partial charge in [0.2, 0.25) is 0 Å². The Labute approximate surface area is 172 Å². The van der Waals surface area contributed by atoms with Gasteiger partial charge in [-0.2, -0.15) is 0 Å². The van der Waals surface area contributed by atoms with Gasteiger partial charge in [0.1, 0.15) is 0 Å². The maximum Gasteiger partial charge on any atom is 0.313 e. The van der Waals surface area contributed by atoms with Crippen molar-refractivity contribution in [2.75, 3.05) is 6.61 Å². The Hall–Kier alpha value is -2.86. The van der Waals surface area contributed by atoms with Crippen LogP contribution in [0.4, 0.5) is 4.39 Å². The van der Waals surface area contributed by atoms with E-state index in [0.29, 0.717) is 33.7 Å². The fourth-order valence-corrected chi connectivity index (χ4v) is 3.64. The fraction of sp³-hybridized carbons (Fsp3) is 0.273. The Bertz CT molecular complexity index is 1110. The minimum Gasteiger partial charge on any atom is -0.505 e. The number of phenolic OH excluding ortho intramolecular Hbond substituents is 1. The van der Waals surface area contributed by atoms with Gasteiger partial charge < -0.3 is 9.84 Å². The number of ether oxygens (including phenoxy) is 1. The van der Waals surface area contributed by atoms with Gasteiger partial charge in [-0.15, -0.1) is 0 Å². The van der Waals surface area contributed by atoms with Crippen molar-refractivity contribution < 1.29 is 23.8 Å². The van der Waals surface area contributed by atoms with Crippen LogP contribution < -0.4 is 0 Å². The average molecular weight is 418 g/mol. The van der Waals surface area contributed by atoms with E-state index in [4.69, 9.17) is 16.3 Å². The summed E-state index contributed by atoms with van der Waals surface area (Å²) in [5, 5.41) is 10.7. The lowest BCUT2D eigenvalue weighted by Gasteiger charge is -2.13. The molecule has 152 valence electrons. The van der Waals surface area contributed by atoms with Crippen LogP contribution in [0, 0.1) is 12.7 Å². The summed E-state index contributed by atoms with van der Waals surface area (Å²) in [6, 6.07) is 8.74. The maximum absolute atomic E-state index is 14.1. The van der Waals surface area contributed by atoms with Gasteiger partial charge in [-0.3, -0.25) is 14.2 Å². The van der Waals surface area contributed by atoms with E-state index in [1.165, 1.54) is 16.7 Å². The third kappa shape index (κ3) is 3.85. The number of carbonyl (C=O) groups is 2. The van der Waals surface area contributed by atoms with Gasteiger partial charge in [-0.1, -0.05) is 24.6 Å². The molecule has 0 saturated carbocycles. The average Bonchev–Trinajstić information content (AvgIpc) is 2.96. The Balaban J connectivity index is 2.23. The summed E-state index contributed by atoms with van der Waals surface area (Å²) in [6.07, 6.45) is 0.679. The zero-order chi connectivity index (χ0) is 21.3. The summed E-state index contributed by atoms with van der Waals surface area (Å²) in [5.74, 6) is -2.99. The Morgan fingerprint density at radius 1 is 1.28 bits per heavy atom. The van der Waals surface area contributed by atoms with E-state index in [1.54, 1.807) is 32.0 Å². The standard InChI is InChI=1S/C22H21ClFNO4/c1-4-8-29-22(28)12(2)20-13(3)25(18-11-17(24)19(26)10-16(18)20)21(27)14-6-5-7-15(23)9-14/h5-7,9-12,26H,4,8H2,1-3H3/t12-/m1/s1. The van der Waals surface area contributed by atoms with E-state index < -0.39 is 29.4 Å². The first kappa shape index (κ1) is 20.9. The van der Waals surface area contributed by atoms with Crippen LogP contribution >= 0.6 is 11.6 Å². The molecule has 0 aliphatic heterocycles. The van der Waals surface area contributed by atoms with Crippen LogP contribution in [0.1, 0.15) is 47.8 Å². The summed E-state index contributed by atoms with van der Waals surface area (Å²) >= 11 is 6.01. The largest absolute Gasteiger partial charge is 0.505 e. The molecule has 0 saturated heterocycles. The maximum atomic E-state index is 14.1. The van der Waals surface area contributed by atoms with E-state index >= 15 is 0 Å². The quantitative estimate of drug-likeness (QED) is 0.580. The predicted molar refractivity (Wildman–Crippen MR) is 109 cm³/mol. The molecular weight excluding hydrogens is 397 g/mol. The van der Waals surface area contributed by atoms with E-state index in [2.05, 4.69) is 0 Å². The van der Waals surface area contributed by atoms with Gasteiger partial charge in [0.15, 0.2) is 11.6 Å². The summed E-state index contributed by atoms with van der Waals surface area (Å²) in [5.41, 5.74) is 1.55. The molecule has 3 aromatic rings. The number of carbonyl (C=O) groups excluding carboxylic acids is 2. The molecule has 0 aliphatic rings. The van der Waals surface area contributed by atoms with Crippen LogP contribution in [-0.2, 0) is 9.53 Å². The van der Waals surface area contributed by atoms with Gasteiger partial charge in [-0.05, 0) is 50.1 Å². The molecule has 3 rings (SSSR count). The number of aromatic nitrogens is 1. The molecule has 5 nitrogen and oxygen atoms in total. The molecule has 0 spiro atoms. The van der Waals surface area contributed by atoms with E-state index in [9.17, 15) is 19.1 Å². The Morgan fingerprint density at radius 3 is 2.66 bits per heavy atom. The van der Waals surface area contributed by atoms with Crippen molar-refractivity contribution in [2.45, 2.75) is 33.1 Å². The van der Waals surface area contributed by atoms with Crippen molar-refractivity contribution in [1.29, 1.82) is 0 Å². The molecule has 1 heterocycles. The number of phenols is 1. The van der Waals surface area contributed by atoms with Crippen LogP contribution in [0.15, 0.2) is 36.4 Å². The zero-order valence-corrected chi connectivity index (χ0v) is 17.1. The fourth-order valence-electron chi connectivity index (χ4n) is 3.45. The molecule has 0 aliphatic carbocycles. The van der Waals surface area contributed by atoms with Crippen LogP contribution in [-0.4, -0.2) is 28.2 Å². The topological polar surface area (TPSA) is 68.5 Å². The SMILES string of the molecule is CCCOC(=O)[C@H](C)c1c(C)n(C(=O)c2cccc(Cl)c2)c2cc(F)c(O)cc12. The Morgan fingerprint density at radius 2 is 2.00 bits per heavy atom. The highest BCUT2D eigenvalue weighted by atomic mass is 35.5. The Kier molecular flexibility index (Phi) is 5.94. The van der Waals surface area contributed by atoms with Crippen LogP contribution in [0.25, 0.3) is 10.9 Å². The second kappa shape index (κ2) is 8.25. The van der Waals surface area contributed by atoms with Crippen LogP contribution in [0.5, 0.6) is 5.75 Å². The van der Waals surface area contributed by atoms with Crippen molar-refractivity contribution in [3.05, 3.63) is 64.1 Å². The number of halogens is 2. The minimum absolute atomic E-state index is 0.257. The number of nitrogens with zero attached hydrogens (tertiary/aromatic N) is 1. The summed E-state index contributed by atoms with van der Waals surface area (Å²) in [6.45, 7) is 5.51. The molecule has 29 heavy (non-hydrogen) atoms. The van der Waals surface area contributed by atoms with Crippen molar-refractivity contribution >= 4 is 34.4 Å². The third-order valence-corrected chi connectivity index (χ3v) is 5.07. The van der Waals surface area contributed by atoms with Crippen molar-refractivity contribution in [2.24, 2.45) is 0 Å². The normalized spacial score (nSPS) is 12.2. The number of esters is 1. The number of fused-ring (bicyclic) bond motifs is 1.